The molecule has 0 atom stereocenters. The highest BCUT2D eigenvalue weighted by Gasteiger charge is 2.19. The maximum Gasteiger partial charge on any atom is 0.250 e. The zero-order valence-electron chi connectivity index (χ0n) is 9.36. The minimum atomic E-state index is -3.58. The summed E-state index contributed by atoms with van der Waals surface area (Å²) in [5.74, 6) is 0. The molecule has 1 heterocycles. The molecule has 1 aromatic carbocycles. The number of halogens is 3. The van der Waals surface area contributed by atoms with E-state index in [2.05, 4.69) is 20.7 Å². The smallest absolute Gasteiger partial charge is 0.206 e. The highest BCUT2D eigenvalue weighted by molar-refractivity contribution is 9.11. The lowest BCUT2D eigenvalue weighted by Gasteiger charge is -2.06. The van der Waals surface area contributed by atoms with Gasteiger partial charge >= 0.3 is 0 Å². The lowest BCUT2D eigenvalue weighted by atomic mass is 10.2. The molecule has 0 aliphatic rings. The third-order valence-electron chi connectivity index (χ3n) is 2.30. The topological polar surface area (TPSA) is 46.2 Å². The predicted molar refractivity (Wildman–Crippen MR) is 82.5 cm³/mol. The third-order valence-corrected chi connectivity index (χ3v) is 7.02. The SMILES string of the molecule is O=S(=O)(NCc1ccccc1Cl)c1cc(Cl)c(Br)s1. The average Bonchev–Trinajstić information content (AvgIpc) is 2.70. The summed E-state index contributed by atoms with van der Waals surface area (Å²) in [4.78, 5) is 0. The summed E-state index contributed by atoms with van der Waals surface area (Å²) < 4.78 is 27.4. The molecule has 1 N–H and O–H groups in total. The van der Waals surface area contributed by atoms with E-state index in [0.29, 0.717) is 13.8 Å². The van der Waals surface area contributed by atoms with Crippen molar-refractivity contribution >= 4 is 60.5 Å². The maximum absolute atomic E-state index is 12.1. The molecule has 1 aromatic heterocycles. The molecule has 8 heteroatoms. The Hall–Kier alpha value is -0.110. The number of rotatable bonds is 4. The number of nitrogens with one attached hydrogen (secondary N) is 1. The number of sulfonamides is 1. The van der Waals surface area contributed by atoms with Crippen LogP contribution in [0.1, 0.15) is 5.56 Å². The molecular weight excluding hydrogens is 393 g/mol. The largest absolute Gasteiger partial charge is 0.250 e. The van der Waals surface area contributed by atoms with Crippen LogP contribution in [-0.4, -0.2) is 8.42 Å². The molecule has 2 rings (SSSR count). The van der Waals surface area contributed by atoms with Gasteiger partial charge in [0, 0.05) is 11.6 Å². The molecule has 3 nitrogen and oxygen atoms in total. The normalized spacial score (nSPS) is 11.7. The van der Waals surface area contributed by atoms with Crippen LogP contribution < -0.4 is 4.72 Å². The fourth-order valence-electron chi connectivity index (χ4n) is 1.34. The molecule has 0 fully saturated rings. The molecule has 0 saturated heterocycles. The van der Waals surface area contributed by atoms with E-state index in [4.69, 9.17) is 23.2 Å². The van der Waals surface area contributed by atoms with Gasteiger partial charge in [0.15, 0.2) is 0 Å². The monoisotopic (exact) mass is 399 g/mol. The molecule has 0 amide bonds. The Balaban J connectivity index is 2.17. The fraction of sp³-hybridized carbons (Fsp3) is 0.0909. The molecule has 0 spiro atoms. The van der Waals surface area contributed by atoms with Gasteiger partial charge < -0.3 is 0 Å². The van der Waals surface area contributed by atoms with Crippen LogP contribution in [0, 0.1) is 0 Å². The Kier molecular flexibility index (Phi) is 4.92. The molecule has 0 bridgehead atoms. The highest BCUT2D eigenvalue weighted by atomic mass is 79.9. The fourth-order valence-corrected chi connectivity index (χ4v) is 5.00. The first kappa shape index (κ1) is 15.3. The third kappa shape index (κ3) is 3.71. The van der Waals surface area contributed by atoms with Crippen molar-refractivity contribution in [2.75, 3.05) is 0 Å². The number of thiophene rings is 1. The van der Waals surface area contributed by atoms with Gasteiger partial charge in [-0.3, -0.25) is 0 Å². The predicted octanol–water partition coefficient (Wildman–Crippen LogP) is 4.30. The number of hydrogen-bond acceptors (Lipinski definition) is 3. The first-order valence-electron chi connectivity index (χ1n) is 5.08. The van der Waals surface area contributed by atoms with Gasteiger partial charge in [-0.2, -0.15) is 0 Å². The van der Waals surface area contributed by atoms with Crippen LogP contribution in [-0.2, 0) is 16.6 Å². The second-order valence-corrected chi connectivity index (χ2v) is 8.78. The summed E-state index contributed by atoms with van der Waals surface area (Å²) in [6.45, 7) is 0.134. The average molecular weight is 401 g/mol. The van der Waals surface area contributed by atoms with E-state index in [9.17, 15) is 8.42 Å². The molecular formula is C11H8BrCl2NO2S2. The van der Waals surface area contributed by atoms with Crippen molar-refractivity contribution in [3.63, 3.8) is 0 Å². The summed E-state index contributed by atoms with van der Waals surface area (Å²) in [6, 6.07) is 8.47. The molecule has 0 aliphatic heterocycles. The van der Waals surface area contributed by atoms with Crippen molar-refractivity contribution < 1.29 is 8.42 Å². The van der Waals surface area contributed by atoms with Gasteiger partial charge in [-0.1, -0.05) is 41.4 Å². The van der Waals surface area contributed by atoms with Crippen LogP contribution >= 0.6 is 50.5 Å². The van der Waals surface area contributed by atoms with Crippen molar-refractivity contribution in [1.82, 2.24) is 4.72 Å². The van der Waals surface area contributed by atoms with Gasteiger partial charge in [0.05, 0.1) is 8.81 Å². The van der Waals surface area contributed by atoms with Gasteiger partial charge in [0.1, 0.15) is 4.21 Å². The minimum absolute atomic E-state index is 0.134. The Morgan fingerprint density at radius 2 is 1.89 bits per heavy atom. The molecule has 0 saturated carbocycles. The Morgan fingerprint density at radius 1 is 1.21 bits per heavy atom. The van der Waals surface area contributed by atoms with Gasteiger partial charge in [-0.15, -0.1) is 11.3 Å². The van der Waals surface area contributed by atoms with E-state index in [1.807, 2.05) is 0 Å². The quantitative estimate of drug-likeness (QED) is 0.831. The van der Waals surface area contributed by atoms with E-state index < -0.39 is 10.0 Å². The molecule has 0 aliphatic carbocycles. The Labute approximate surface area is 133 Å². The van der Waals surface area contributed by atoms with Gasteiger partial charge in [0.2, 0.25) is 10.0 Å². The second kappa shape index (κ2) is 6.11. The number of hydrogen-bond donors (Lipinski definition) is 1. The molecule has 2 aromatic rings. The van der Waals surface area contributed by atoms with Crippen LogP contribution in [0.5, 0.6) is 0 Å². The summed E-state index contributed by atoms with van der Waals surface area (Å²) in [7, 11) is -3.58. The summed E-state index contributed by atoms with van der Waals surface area (Å²) in [5, 5.41) is 0.902. The summed E-state index contributed by atoms with van der Waals surface area (Å²) in [6.07, 6.45) is 0. The van der Waals surface area contributed by atoms with Crippen molar-refractivity contribution in [2.24, 2.45) is 0 Å². The Bertz CT molecular complexity index is 681. The minimum Gasteiger partial charge on any atom is -0.206 e. The van der Waals surface area contributed by atoms with E-state index >= 15 is 0 Å². The van der Waals surface area contributed by atoms with Crippen LogP contribution in [0.15, 0.2) is 38.3 Å². The van der Waals surface area contributed by atoms with Crippen molar-refractivity contribution in [2.45, 2.75) is 10.8 Å². The summed E-state index contributed by atoms with van der Waals surface area (Å²) >= 11 is 16.0. The van der Waals surface area contributed by atoms with E-state index in [1.165, 1.54) is 6.07 Å². The lowest BCUT2D eigenvalue weighted by molar-refractivity contribution is 0.583. The van der Waals surface area contributed by atoms with Crippen molar-refractivity contribution in [1.29, 1.82) is 0 Å². The van der Waals surface area contributed by atoms with Gasteiger partial charge in [0.25, 0.3) is 0 Å². The Morgan fingerprint density at radius 3 is 2.47 bits per heavy atom. The van der Waals surface area contributed by atoms with E-state index in [1.54, 1.807) is 24.3 Å². The van der Waals surface area contributed by atoms with Crippen molar-refractivity contribution in [3.05, 3.63) is 49.7 Å². The standard InChI is InChI=1S/C11H8BrCl2NO2S2/c12-11-9(14)5-10(18-11)19(16,17)15-6-7-3-1-2-4-8(7)13/h1-5,15H,6H2. The maximum atomic E-state index is 12.1. The molecule has 19 heavy (non-hydrogen) atoms. The molecule has 0 unspecified atom stereocenters. The van der Waals surface area contributed by atoms with Crippen molar-refractivity contribution in [3.8, 4) is 0 Å². The van der Waals surface area contributed by atoms with Gasteiger partial charge in [-0.25, -0.2) is 13.1 Å². The highest BCUT2D eigenvalue weighted by Crippen LogP contribution is 2.34. The lowest BCUT2D eigenvalue weighted by Crippen LogP contribution is -2.22. The summed E-state index contributed by atoms with van der Waals surface area (Å²) in [5.41, 5.74) is 0.717. The van der Waals surface area contributed by atoms with Crippen LogP contribution in [0.3, 0.4) is 0 Å². The first-order valence-corrected chi connectivity index (χ1v) is 8.93. The van der Waals surface area contributed by atoms with E-state index in [0.717, 1.165) is 16.9 Å². The zero-order chi connectivity index (χ0) is 14.0. The van der Waals surface area contributed by atoms with Crippen LogP contribution in [0.4, 0.5) is 0 Å². The molecule has 0 radical (unpaired) electrons. The molecule has 102 valence electrons. The van der Waals surface area contributed by atoms with Crippen LogP contribution in [0.2, 0.25) is 10.0 Å². The second-order valence-electron chi connectivity index (χ2n) is 3.60. The van der Waals surface area contributed by atoms with Gasteiger partial charge in [-0.05, 0) is 33.6 Å². The number of benzene rings is 1. The zero-order valence-corrected chi connectivity index (χ0v) is 14.1. The van der Waals surface area contributed by atoms with E-state index in [-0.39, 0.29) is 10.8 Å². The van der Waals surface area contributed by atoms with Crippen LogP contribution in [0.25, 0.3) is 0 Å². The first-order chi connectivity index (χ1) is 8.90.